The largest absolute Gasteiger partial charge is 0.506 e. The standard InChI is InChI=1S/C36H52N4O5S/c41-30-17-16-29(34-33(30)38-35(44)46-34)31(42)26-37-20-9-4-2-1-3-5-10-21-39-22-18-36(19-23-39)27-40(24-25-45-36)32(43)15-11-14-28-12-7-6-8-13-28/h6-8,12-13,16-17,31,37,41-42H,1-5,9-11,14-15,18-27H2,(H,38,44)/t31-/m0/s1. The maximum atomic E-state index is 12.9. The number of nitrogens with one attached hydrogen (secondary N) is 2. The first-order valence-corrected chi connectivity index (χ1v) is 18.2. The molecule has 9 nitrogen and oxygen atoms in total. The highest BCUT2D eigenvalue weighted by Crippen LogP contribution is 2.32. The van der Waals surface area contributed by atoms with E-state index in [1.165, 1.54) is 50.2 Å². The summed E-state index contributed by atoms with van der Waals surface area (Å²) in [4.78, 5) is 31.7. The number of aromatic nitrogens is 1. The number of hydrogen-bond acceptors (Lipinski definition) is 8. The van der Waals surface area contributed by atoms with Crippen LogP contribution in [-0.4, -0.2) is 88.9 Å². The lowest BCUT2D eigenvalue weighted by Crippen LogP contribution is -2.58. The molecule has 2 aromatic carbocycles. The third-order valence-electron chi connectivity index (χ3n) is 9.68. The first kappa shape index (κ1) is 34.6. The van der Waals surface area contributed by atoms with Crippen LogP contribution in [0, 0.1) is 0 Å². The van der Waals surface area contributed by atoms with E-state index in [1.54, 1.807) is 6.07 Å². The smallest absolute Gasteiger partial charge is 0.305 e. The van der Waals surface area contributed by atoms with Gasteiger partial charge in [-0.15, -0.1) is 0 Å². The van der Waals surface area contributed by atoms with Gasteiger partial charge in [-0.2, -0.15) is 0 Å². The lowest BCUT2D eigenvalue weighted by molar-refractivity contribution is -0.159. The number of aromatic amines is 1. The van der Waals surface area contributed by atoms with Gasteiger partial charge in [0.15, 0.2) is 0 Å². The normalized spacial score (nSPS) is 17.5. The molecule has 10 heteroatoms. The number of fused-ring (bicyclic) bond motifs is 1. The number of aliphatic hydroxyl groups excluding tert-OH is 1. The van der Waals surface area contributed by atoms with Crippen LogP contribution in [0.25, 0.3) is 10.2 Å². The first-order chi connectivity index (χ1) is 22.4. The number of unbranched alkanes of at least 4 members (excludes halogenated alkanes) is 6. The van der Waals surface area contributed by atoms with Crippen LogP contribution in [0.15, 0.2) is 47.3 Å². The quantitative estimate of drug-likeness (QED) is 0.145. The number of ether oxygens (including phenoxy) is 1. The predicted octanol–water partition coefficient (Wildman–Crippen LogP) is 5.37. The van der Waals surface area contributed by atoms with E-state index in [1.807, 2.05) is 6.07 Å². The van der Waals surface area contributed by atoms with Crippen LogP contribution in [0.2, 0.25) is 0 Å². The van der Waals surface area contributed by atoms with Crippen molar-refractivity contribution >= 4 is 27.5 Å². The number of phenolic OH excluding ortho intramolecular Hbond substituents is 1. The number of aromatic hydroxyl groups is 1. The number of carbonyl (C=O) groups is 1. The van der Waals surface area contributed by atoms with E-state index in [2.05, 4.69) is 44.4 Å². The predicted molar refractivity (Wildman–Crippen MR) is 185 cm³/mol. The molecule has 2 aliphatic heterocycles. The van der Waals surface area contributed by atoms with Gasteiger partial charge in [-0.1, -0.05) is 79.8 Å². The maximum Gasteiger partial charge on any atom is 0.305 e. The van der Waals surface area contributed by atoms with Crippen molar-refractivity contribution in [2.75, 3.05) is 52.4 Å². The Kier molecular flexibility index (Phi) is 13.1. The van der Waals surface area contributed by atoms with Gasteiger partial charge in [0.25, 0.3) is 0 Å². The van der Waals surface area contributed by atoms with Gasteiger partial charge in [0, 0.05) is 44.7 Å². The second-order valence-electron chi connectivity index (χ2n) is 13.1. The summed E-state index contributed by atoms with van der Waals surface area (Å²) in [5.41, 5.74) is 2.21. The summed E-state index contributed by atoms with van der Waals surface area (Å²) in [6, 6.07) is 13.6. The highest BCUT2D eigenvalue weighted by Gasteiger charge is 2.40. The SMILES string of the molecule is O=C(CCCc1ccccc1)N1CCOC2(CCN(CCCCCCCCCNC[C@H](O)c3ccc(O)c4[nH]c(=O)sc34)CC2)C1. The molecule has 2 fully saturated rings. The third-order valence-corrected chi connectivity index (χ3v) is 10.6. The molecule has 4 N–H and O–H groups in total. The Bertz CT molecular complexity index is 1420. The number of amides is 1. The molecule has 1 spiro atoms. The van der Waals surface area contributed by atoms with Crippen molar-refractivity contribution in [3.63, 3.8) is 0 Å². The number of aliphatic hydroxyl groups is 1. The molecular weight excluding hydrogens is 600 g/mol. The topological polar surface area (TPSA) is 118 Å². The summed E-state index contributed by atoms with van der Waals surface area (Å²) < 4.78 is 6.93. The number of phenols is 1. The Hall–Kier alpha value is -2.76. The van der Waals surface area contributed by atoms with Crippen molar-refractivity contribution in [2.24, 2.45) is 0 Å². The van der Waals surface area contributed by atoms with E-state index in [0.29, 0.717) is 35.4 Å². The summed E-state index contributed by atoms with van der Waals surface area (Å²) in [6.45, 7) is 6.66. The van der Waals surface area contributed by atoms with Crippen molar-refractivity contribution in [3.05, 3.63) is 63.3 Å². The lowest BCUT2D eigenvalue weighted by atomic mass is 9.89. The van der Waals surface area contributed by atoms with Crippen LogP contribution in [0.1, 0.15) is 87.9 Å². The average molecular weight is 653 g/mol. The van der Waals surface area contributed by atoms with Crippen LogP contribution in [-0.2, 0) is 16.0 Å². The number of nitrogens with zero attached hydrogens (tertiary/aromatic N) is 2. The average Bonchev–Trinajstić information content (AvgIpc) is 3.47. The zero-order chi connectivity index (χ0) is 32.2. The van der Waals surface area contributed by atoms with Gasteiger partial charge in [-0.3, -0.25) is 9.59 Å². The number of likely N-dealkylation sites (tertiary alicyclic amines) is 1. The van der Waals surface area contributed by atoms with E-state index in [4.69, 9.17) is 4.74 Å². The minimum Gasteiger partial charge on any atom is -0.506 e. The fraction of sp³-hybridized carbons (Fsp3) is 0.611. The Morgan fingerprint density at radius 3 is 2.50 bits per heavy atom. The maximum absolute atomic E-state index is 12.9. The lowest BCUT2D eigenvalue weighted by Gasteiger charge is -2.47. The molecule has 0 unspecified atom stereocenters. The molecule has 1 aromatic heterocycles. The van der Waals surface area contributed by atoms with Gasteiger partial charge in [-0.25, -0.2) is 0 Å². The second-order valence-corrected chi connectivity index (χ2v) is 14.1. The Labute approximate surface area is 277 Å². The van der Waals surface area contributed by atoms with Gasteiger partial charge in [0.05, 0.1) is 23.0 Å². The number of H-pyrrole nitrogens is 1. The molecule has 3 heterocycles. The molecule has 5 rings (SSSR count). The molecule has 0 saturated carbocycles. The van der Waals surface area contributed by atoms with Crippen LogP contribution in [0.4, 0.5) is 0 Å². The highest BCUT2D eigenvalue weighted by molar-refractivity contribution is 7.16. The Morgan fingerprint density at radius 2 is 1.72 bits per heavy atom. The van der Waals surface area contributed by atoms with E-state index >= 15 is 0 Å². The van der Waals surface area contributed by atoms with Crippen LogP contribution < -0.4 is 10.2 Å². The molecule has 3 aromatic rings. The number of hydrogen-bond donors (Lipinski definition) is 4. The van der Waals surface area contributed by atoms with Gasteiger partial charge in [-0.05, 0) is 63.2 Å². The summed E-state index contributed by atoms with van der Waals surface area (Å²) in [6.07, 6.45) is 12.3. The summed E-state index contributed by atoms with van der Waals surface area (Å²) in [5.74, 6) is 0.306. The zero-order valence-electron chi connectivity index (χ0n) is 27.2. The Morgan fingerprint density at radius 1 is 0.978 bits per heavy atom. The fourth-order valence-electron chi connectivity index (χ4n) is 6.91. The second kappa shape index (κ2) is 17.4. The third kappa shape index (κ3) is 9.87. The van der Waals surface area contributed by atoms with Crippen LogP contribution in [0.5, 0.6) is 5.75 Å². The van der Waals surface area contributed by atoms with Crippen molar-refractivity contribution in [1.82, 2.24) is 20.1 Å². The van der Waals surface area contributed by atoms with Crippen molar-refractivity contribution in [3.8, 4) is 5.75 Å². The van der Waals surface area contributed by atoms with Gasteiger partial charge < -0.3 is 35.1 Å². The minimum absolute atomic E-state index is 0.0269. The summed E-state index contributed by atoms with van der Waals surface area (Å²) in [5, 5.41) is 23.9. The number of rotatable bonds is 17. The minimum atomic E-state index is -0.727. The molecule has 0 bridgehead atoms. The molecule has 1 atom stereocenters. The first-order valence-electron chi connectivity index (χ1n) is 17.3. The van der Waals surface area contributed by atoms with Crippen LogP contribution in [0.3, 0.4) is 0 Å². The van der Waals surface area contributed by atoms with E-state index < -0.39 is 6.10 Å². The van der Waals surface area contributed by atoms with Gasteiger partial charge in [0.1, 0.15) is 11.3 Å². The molecule has 0 radical (unpaired) electrons. The van der Waals surface area contributed by atoms with E-state index in [0.717, 1.165) is 82.7 Å². The molecule has 2 saturated heterocycles. The molecule has 46 heavy (non-hydrogen) atoms. The number of aryl methyl sites for hydroxylation is 1. The van der Waals surface area contributed by atoms with Crippen molar-refractivity contribution < 1.29 is 19.7 Å². The molecule has 252 valence electrons. The monoisotopic (exact) mass is 652 g/mol. The summed E-state index contributed by atoms with van der Waals surface area (Å²) in [7, 11) is 0. The molecule has 1 amide bonds. The van der Waals surface area contributed by atoms with E-state index in [9.17, 15) is 19.8 Å². The molecule has 0 aliphatic carbocycles. The van der Waals surface area contributed by atoms with Crippen molar-refractivity contribution in [1.29, 1.82) is 0 Å². The number of morpholine rings is 1. The van der Waals surface area contributed by atoms with Gasteiger partial charge >= 0.3 is 4.87 Å². The Balaban J connectivity index is 0.866. The summed E-state index contributed by atoms with van der Waals surface area (Å²) >= 11 is 1.02. The van der Waals surface area contributed by atoms with E-state index in [-0.39, 0.29) is 22.1 Å². The highest BCUT2D eigenvalue weighted by atomic mass is 32.1. The van der Waals surface area contributed by atoms with Crippen LogP contribution >= 0.6 is 11.3 Å². The number of thiazole rings is 1. The zero-order valence-corrected chi connectivity index (χ0v) is 28.0. The van der Waals surface area contributed by atoms with Crippen molar-refractivity contribution in [2.45, 2.75) is 88.8 Å². The number of carbonyl (C=O) groups excluding carboxylic acids is 1. The number of benzene rings is 2. The molecular formula is C36H52N4O5S. The van der Waals surface area contributed by atoms with Gasteiger partial charge in [0.2, 0.25) is 5.91 Å². The molecule has 2 aliphatic rings. The fourth-order valence-corrected chi connectivity index (χ4v) is 7.83. The number of piperidine rings is 1.